The number of imide groups is 1. The maximum atomic E-state index is 12.7. The summed E-state index contributed by atoms with van der Waals surface area (Å²) in [5.41, 5.74) is 1.12. The Morgan fingerprint density at radius 2 is 1.46 bits per heavy atom. The number of hydrogen-bond donors (Lipinski definition) is 1. The molecular formula is C22H15N2O2. The zero-order valence-electron chi connectivity index (χ0n) is 13.8. The molecule has 0 heterocycles. The van der Waals surface area contributed by atoms with E-state index in [4.69, 9.17) is 0 Å². The van der Waals surface area contributed by atoms with E-state index in [1.165, 1.54) is 0 Å². The van der Waals surface area contributed by atoms with Gasteiger partial charge in [-0.25, -0.2) is 9.69 Å². The maximum absolute atomic E-state index is 12.7. The third-order valence-electron chi connectivity index (χ3n) is 4.32. The van der Waals surface area contributed by atoms with Gasteiger partial charge in [-0.2, -0.15) is 0 Å². The molecule has 26 heavy (non-hydrogen) atoms. The van der Waals surface area contributed by atoms with Crippen molar-refractivity contribution < 1.29 is 9.59 Å². The lowest BCUT2D eigenvalue weighted by Gasteiger charge is -2.17. The van der Waals surface area contributed by atoms with E-state index in [1.807, 2.05) is 72.8 Å². The van der Waals surface area contributed by atoms with Crippen molar-refractivity contribution in [1.29, 1.82) is 0 Å². The fourth-order valence-corrected chi connectivity index (χ4v) is 3.03. The van der Waals surface area contributed by atoms with Crippen molar-refractivity contribution in [2.75, 3.05) is 10.2 Å². The topological polar surface area (TPSA) is 49.4 Å². The fourth-order valence-electron chi connectivity index (χ4n) is 3.03. The van der Waals surface area contributed by atoms with Gasteiger partial charge in [0.15, 0.2) is 0 Å². The van der Waals surface area contributed by atoms with Crippen LogP contribution < -0.4 is 10.2 Å². The number of amides is 3. The average Bonchev–Trinajstić information content (AvgIpc) is 2.69. The van der Waals surface area contributed by atoms with E-state index >= 15 is 0 Å². The second-order valence-corrected chi connectivity index (χ2v) is 5.92. The highest BCUT2D eigenvalue weighted by Gasteiger charge is 2.17. The molecule has 0 bridgehead atoms. The number of nitrogens with zero attached hydrogens (tertiary/aromatic N) is 1. The van der Waals surface area contributed by atoms with Crippen molar-refractivity contribution in [3.8, 4) is 0 Å². The molecule has 0 aliphatic rings. The van der Waals surface area contributed by atoms with Crippen LogP contribution in [0.25, 0.3) is 21.5 Å². The maximum Gasteiger partial charge on any atom is 0.333 e. The standard InChI is InChI=1S/C22H15N2O2/c25-15-24(19-13-12-16-6-1-2-8-18(16)14-19)22(26)23-21-11-5-9-17-7-3-4-10-20(17)21/h1-14H,(H,23,26). The van der Waals surface area contributed by atoms with E-state index in [2.05, 4.69) is 5.32 Å². The van der Waals surface area contributed by atoms with Crippen LogP contribution in [0, 0.1) is 0 Å². The Morgan fingerprint density at radius 3 is 2.27 bits per heavy atom. The van der Waals surface area contributed by atoms with Gasteiger partial charge in [0.2, 0.25) is 0 Å². The van der Waals surface area contributed by atoms with Crippen LogP contribution in [0.4, 0.5) is 16.2 Å². The highest BCUT2D eigenvalue weighted by molar-refractivity contribution is 6.15. The highest BCUT2D eigenvalue weighted by atomic mass is 16.2. The van der Waals surface area contributed by atoms with Gasteiger partial charge in [-0.1, -0.05) is 66.7 Å². The minimum atomic E-state index is -0.549. The molecule has 4 heteroatoms. The molecule has 0 saturated carbocycles. The van der Waals surface area contributed by atoms with Crippen LogP contribution in [0.1, 0.15) is 0 Å². The lowest BCUT2D eigenvalue weighted by atomic mass is 10.1. The summed E-state index contributed by atoms with van der Waals surface area (Å²) in [6, 6.07) is 26.0. The predicted octanol–water partition coefficient (Wildman–Crippen LogP) is 5.10. The first-order valence-corrected chi connectivity index (χ1v) is 8.22. The van der Waals surface area contributed by atoms with Gasteiger partial charge in [0.25, 0.3) is 0 Å². The molecule has 0 saturated heterocycles. The van der Waals surface area contributed by atoms with Crippen LogP contribution in [0.5, 0.6) is 0 Å². The summed E-state index contributed by atoms with van der Waals surface area (Å²) in [4.78, 5) is 25.1. The molecule has 1 N–H and O–H groups in total. The zero-order valence-corrected chi connectivity index (χ0v) is 13.8. The van der Waals surface area contributed by atoms with Gasteiger partial charge in [0.05, 0.1) is 11.4 Å². The SMILES string of the molecule is O=[C]N(C(=O)Nc1cccc2ccccc12)c1ccc2ccccc2c1. The van der Waals surface area contributed by atoms with E-state index in [0.29, 0.717) is 11.4 Å². The number of benzene rings is 4. The second-order valence-electron chi connectivity index (χ2n) is 5.92. The van der Waals surface area contributed by atoms with Crippen molar-refractivity contribution in [3.05, 3.63) is 84.9 Å². The first-order chi connectivity index (χ1) is 12.8. The Kier molecular flexibility index (Phi) is 4.07. The Balaban J connectivity index is 1.67. The number of carbonyl (C=O) groups excluding carboxylic acids is 2. The van der Waals surface area contributed by atoms with Gasteiger partial charge < -0.3 is 5.32 Å². The van der Waals surface area contributed by atoms with Crippen molar-refractivity contribution in [3.63, 3.8) is 0 Å². The van der Waals surface area contributed by atoms with Gasteiger partial charge >= 0.3 is 12.4 Å². The van der Waals surface area contributed by atoms with Crippen LogP contribution in [0.3, 0.4) is 0 Å². The van der Waals surface area contributed by atoms with E-state index in [-0.39, 0.29) is 0 Å². The summed E-state index contributed by atoms with van der Waals surface area (Å²) in [6.45, 7) is 0. The van der Waals surface area contributed by atoms with Gasteiger partial charge in [0, 0.05) is 5.39 Å². The molecule has 0 aromatic heterocycles. The number of urea groups is 1. The third-order valence-corrected chi connectivity index (χ3v) is 4.32. The number of fused-ring (bicyclic) bond motifs is 2. The Morgan fingerprint density at radius 1 is 0.769 bits per heavy atom. The number of carbonyl (C=O) groups is 1. The summed E-state index contributed by atoms with van der Waals surface area (Å²) >= 11 is 0. The van der Waals surface area contributed by atoms with E-state index in [9.17, 15) is 9.59 Å². The fraction of sp³-hybridized carbons (Fsp3) is 0. The summed E-state index contributed by atoms with van der Waals surface area (Å²) < 4.78 is 0. The largest absolute Gasteiger partial charge is 0.333 e. The first-order valence-electron chi connectivity index (χ1n) is 8.22. The summed E-state index contributed by atoms with van der Waals surface area (Å²) in [7, 11) is 0. The minimum Gasteiger partial charge on any atom is -0.307 e. The van der Waals surface area contributed by atoms with Crippen molar-refractivity contribution in [1.82, 2.24) is 0 Å². The molecule has 4 aromatic rings. The molecular weight excluding hydrogens is 324 g/mol. The van der Waals surface area contributed by atoms with Crippen molar-refractivity contribution >= 4 is 45.4 Å². The molecule has 4 nitrogen and oxygen atoms in total. The van der Waals surface area contributed by atoms with Crippen LogP contribution >= 0.6 is 0 Å². The average molecular weight is 339 g/mol. The second kappa shape index (κ2) is 6.69. The number of rotatable bonds is 3. The van der Waals surface area contributed by atoms with Gasteiger partial charge in [-0.3, -0.25) is 4.79 Å². The normalized spacial score (nSPS) is 10.6. The van der Waals surface area contributed by atoms with E-state index in [0.717, 1.165) is 26.4 Å². The molecule has 0 atom stereocenters. The molecule has 1 radical (unpaired) electrons. The molecule has 4 rings (SSSR count). The summed E-state index contributed by atoms with van der Waals surface area (Å²) in [5.74, 6) is 0. The van der Waals surface area contributed by atoms with Crippen molar-refractivity contribution in [2.45, 2.75) is 0 Å². The monoisotopic (exact) mass is 339 g/mol. The molecule has 0 unspecified atom stereocenters. The predicted molar refractivity (Wildman–Crippen MR) is 105 cm³/mol. The molecule has 125 valence electrons. The first kappa shape index (κ1) is 15.8. The highest BCUT2D eigenvalue weighted by Crippen LogP contribution is 2.25. The Bertz CT molecular complexity index is 1120. The summed E-state index contributed by atoms with van der Waals surface area (Å²) in [6.07, 6.45) is 1.72. The van der Waals surface area contributed by atoms with Crippen LogP contribution in [-0.4, -0.2) is 12.4 Å². The summed E-state index contributed by atoms with van der Waals surface area (Å²) in [5, 5.41) is 6.71. The van der Waals surface area contributed by atoms with Crippen LogP contribution in [0.15, 0.2) is 84.9 Å². The quantitative estimate of drug-likeness (QED) is 0.528. The van der Waals surface area contributed by atoms with Gasteiger partial charge in [0.1, 0.15) is 0 Å². The molecule has 4 aromatic carbocycles. The molecule has 3 amide bonds. The molecule has 0 fully saturated rings. The number of hydrogen-bond acceptors (Lipinski definition) is 2. The zero-order chi connectivity index (χ0) is 17.9. The lowest BCUT2D eigenvalue weighted by molar-refractivity contribution is 0.259. The lowest BCUT2D eigenvalue weighted by Crippen LogP contribution is -2.33. The van der Waals surface area contributed by atoms with Crippen LogP contribution in [-0.2, 0) is 4.79 Å². The third kappa shape index (κ3) is 2.89. The molecule has 0 spiro atoms. The van der Waals surface area contributed by atoms with Gasteiger partial charge in [-0.05, 0) is 34.4 Å². The molecule has 0 aliphatic carbocycles. The minimum absolute atomic E-state index is 0.469. The number of nitrogens with one attached hydrogen (secondary N) is 1. The Labute approximate surface area is 150 Å². The molecule has 0 aliphatic heterocycles. The smallest absolute Gasteiger partial charge is 0.307 e. The van der Waals surface area contributed by atoms with E-state index in [1.54, 1.807) is 18.5 Å². The van der Waals surface area contributed by atoms with Gasteiger partial charge in [-0.15, -0.1) is 0 Å². The van der Waals surface area contributed by atoms with Crippen LogP contribution in [0.2, 0.25) is 0 Å². The van der Waals surface area contributed by atoms with E-state index < -0.39 is 6.03 Å². The van der Waals surface area contributed by atoms with Crippen molar-refractivity contribution in [2.24, 2.45) is 0 Å². The Hall–Kier alpha value is -3.66. The number of anilines is 2.